The van der Waals surface area contributed by atoms with Gasteiger partial charge in [0.15, 0.2) is 0 Å². The van der Waals surface area contributed by atoms with Crippen molar-refractivity contribution in [2.45, 2.75) is 32.5 Å². The Morgan fingerprint density at radius 3 is 2.09 bits per heavy atom. The highest BCUT2D eigenvalue weighted by molar-refractivity contribution is 6.35. The van der Waals surface area contributed by atoms with E-state index in [9.17, 15) is 27.6 Å². The molecular formula is C22H22F3N3O4. The molecule has 1 heterocycles. The van der Waals surface area contributed by atoms with Crippen molar-refractivity contribution in [3.8, 4) is 0 Å². The van der Waals surface area contributed by atoms with Crippen LogP contribution in [0.25, 0.3) is 0 Å². The van der Waals surface area contributed by atoms with Gasteiger partial charge >= 0.3 is 12.3 Å². The lowest BCUT2D eigenvalue weighted by atomic mass is 10.1. The highest BCUT2D eigenvalue weighted by Crippen LogP contribution is 2.38. The van der Waals surface area contributed by atoms with Crippen molar-refractivity contribution in [2.75, 3.05) is 23.3 Å². The fourth-order valence-electron chi connectivity index (χ4n) is 3.13. The van der Waals surface area contributed by atoms with Crippen LogP contribution in [0, 0.1) is 0 Å². The van der Waals surface area contributed by atoms with Gasteiger partial charge in [0.2, 0.25) is 0 Å². The Hall–Kier alpha value is -3.56. The van der Waals surface area contributed by atoms with E-state index in [1.807, 2.05) is 0 Å². The van der Waals surface area contributed by atoms with Crippen LogP contribution in [-0.4, -0.2) is 36.6 Å². The van der Waals surface area contributed by atoms with Gasteiger partial charge in [0.1, 0.15) is 5.60 Å². The molecule has 0 unspecified atom stereocenters. The van der Waals surface area contributed by atoms with E-state index in [0.717, 1.165) is 23.1 Å². The molecule has 0 saturated carbocycles. The Bertz CT molecular complexity index is 1030. The van der Waals surface area contributed by atoms with Crippen molar-refractivity contribution in [2.24, 2.45) is 0 Å². The first-order valence-electron chi connectivity index (χ1n) is 9.78. The molecule has 0 saturated heterocycles. The second-order valence-corrected chi connectivity index (χ2v) is 8.08. The third kappa shape index (κ3) is 5.01. The number of hydrogen-bond acceptors (Lipinski definition) is 5. The zero-order valence-corrected chi connectivity index (χ0v) is 17.7. The van der Waals surface area contributed by atoms with Crippen LogP contribution in [0.1, 0.15) is 47.1 Å². The molecule has 10 heteroatoms. The highest BCUT2D eigenvalue weighted by Gasteiger charge is 2.39. The van der Waals surface area contributed by atoms with Crippen molar-refractivity contribution < 1.29 is 32.3 Å². The van der Waals surface area contributed by atoms with Crippen LogP contribution in [0.3, 0.4) is 0 Å². The van der Waals surface area contributed by atoms with E-state index >= 15 is 0 Å². The summed E-state index contributed by atoms with van der Waals surface area (Å²) in [4.78, 5) is 38.0. The minimum Gasteiger partial charge on any atom is -0.444 e. The Morgan fingerprint density at radius 2 is 1.56 bits per heavy atom. The molecule has 2 aromatic carbocycles. The van der Waals surface area contributed by atoms with Crippen LogP contribution < -0.4 is 15.5 Å². The molecule has 0 aromatic heterocycles. The minimum atomic E-state index is -4.66. The summed E-state index contributed by atoms with van der Waals surface area (Å²) in [6.07, 6.45) is -5.31. The number of hydrogen-bond donors (Lipinski definition) is 2. The number of nitrogens with zero attached hydrogens (tertiary/aromatic N) is 1. The van der Waals surface area contributed by atoms with Crippen molar-refractivity contribution in [1.82, 2.24) is 5.32 Å². The van der Waals surface area contributed by atoms with Gasteiger partial charge < -0.3 is 15.4 Å². The van der Waals surface area contributed by atoms with Crippen LogP contribution >= 0.6 is 0 Å². The first-order chi connectivity index (χ1) is 14.9. The molecule has 0 aliphatic carbocycles. The van der Waals surface area contributed by atoms with Gasteiger partial charge in [0, 0.05) is 13.1 Å². The standard InChI is InChI=1S/C22H22F3N3O4/c1-21(2,3)32-20(31)27-11-10-26-16-9-8-13(22(23,24)25)12-17(16)28-18(29)14-6-4-5-7-15(14)19(28)30/h4-9,12,26H,10-11H2,1-3H3,(H,27,31). The van der Waals surface area contributed by atoms with Crippen LogP contribution in [0.15, 0.2) is 42.5 Å². The van der Waals surface area contributed by atoms with Crippen LogP contribution in [0.5, 0.6) is 0 Å². The number of alkyl carbamates (subject to hydrolysis) is 1. The number of anilines is 2. The number of alkyl halides is 3. The average Bonchev–Trinajstić information content (AvgIpc) is 2.94. The fraction of sp³-hybridized carbons (Fsp3) is 0.318. The predicted octanol–water partition coefficient (Wildman–Crippen LogP) is 4.44. The molecular weight excluding hydrogens is 427 g/mol. The summed E-state index contributed by atoms with van der Waals surface area (Å²) in [7, 11) is 0. The van der Waals surface area contributed by atoms with E-state index in [-0.39, 0.29) is 35.6 Å². The number of imide groups is 1. The molecule has 32 heavy (non-hydrogen) atoms. The Labute approximate surface area is 182 Å². The largest absolute Gasteiger partial charge is 0.444 e. The van der Waals surface area contributed by atoms with Gasteiger partial charge in [-0.25, -0.2) is 9.69 Å². The summed E-state index contributed by atoms with van der Waals surface area (Å²) in [5.41, 5.74) is -1.52. The second kappa shape index (κ2) is 8.52. The third-order valence-corrected chi connectivity index (χ3v) is 4.47. The molecule has 2 aromatic rings. The number of ether oxygens (including phenoxy) is 1. The Kier molecular flexibility index (Phi) is 6.16. The van der Waals surface area contributed by atoms with Crippen LogP contribution in [0.4, 0.5) is 29.3 Å². The molecule has 0 atom stereocenters. The van der Waals surface area contributed by atoms with Gasteiger partial charge in [-0.1, -0.05) is 12.1 Å². The Balaban J connectivity index is 1.83. The normalized spacial score (nSPS) is 13.8. The molecule has 1 aliphatic rings. The predicted molar refractivity (Wildman–Crippen MR) is 112 cm³/mol. The van der Waals surface area contributed by atoms with Gasteiger partial charge in [-0.05, 0) is 51.1 Å². The summed E-state index contributed by atoms with van der Waals surface area (Å²) < 4.78 is 45.0. The number of fused-ring (bicyclic) bond motifs is 1. The lowest BCUT2D eigenvalue weighted by Gasteiger charge is -2.22. The van der Waals surface area contributed by atoms with E-state index in [4.69, 9.17) is 4.74 Å². The van der Waals surface area contributed by atoms with Gasteiger partial charge in [-0.2, -0.15) is 13.2 Å². The number of nitrogens with one attached hydrogen (secondary N) is 2. The monoisotopic (exact) mass is 449 g/mol. The minimum absolute atomic E-state index is 0.0947. The third-order valence-electron chi connectivity index (χ3n) is 4.47. The molecule has 0 fully saturated rings. The van der Waals surface area contributed by atoms with Gasteiger partial charge in [0.05, 0.1) is 28.1 Å². The topological polar surface area (TPSA) is 87.7 Å². The SMILES string of the molecule is CC(C)(C)OC(=O)NCCNc1ccc(C(F)(F)F)cc1N1C(=O)c2ccccc2C1=O. The van der Waals surface area contributed by atoms with Crippen molar-refractivity contribution >= 4 is 29.3 Å². The maximum Gasteiger partial charge on any atom is 0.416 e. The molecule has 1 aliphatic heterocycles. The van der Waals surface area contributed by atoms with Crippen molar-refractivity contribution in [3.05, 3.63) is 59.2 Å². The molecule has 7 nitrogen and oxygen atoms in total. The van der Waals surface area contributed by atoms with Gasteiger partial charge in [-0.3, -0.25) is 9.59 Å². The van der Waals surface area contributed by atoms with E-state index in [2.05, 4.69) is 10.6 Å². The van der Waals surface area contributed by atoms with E-state index in [1.54, 1.807) is 32.9 Å². The van der Waals surface area contributed by atoms with Crippen LogP contribution in [0.2, 0.25) is 0 Å². The maximum atomic E-state index is 13.3. The van der Waals surface area contributed by atoms with Crippen molar-refractivity contribution in [1.29, 1.82) is 0 Å². The summed E-state index contributed by atoms with van der Waals surface area (Å²) in [5, 5.41) is 5.39. The first-order valence-corrected chi connectivity index (χ1v) is 9.78. The molecule has 0 radical (unpaired) electrons. The number of benzene rings is 2. The Morgan fingerprint density at radius 1 is 0.969 bits per heavy atom. The lowest BCUT2D eigenvalue weighted by molar-refractivity contribution is -0.137. The highest BCUT2D eigenvalue weighted by atomic mass is 19.4. The summed E-state index contributed by atoms with van der Waals surface area (Å²) in [6, 6.07) is 8.79. The van der Waals surface area contributed by atoms with Crippen molar-refractivity contribution in [3.63, 3.8) is 0 Å². The fourth-order valence-corrected chi connectivity index (χ4v) is 3.13. The average molecular weight is 449 g/mol. The summed E-state index contributed by atoms with van der Waals surface area (Å²) >= 11 is 0. The second-order valence-electron chi connectivity index (χ2n) is 8.08. The summed E-state index contributed by atoms with van der Waals surface area (Å²) in [6.45, 7) is 5.34. The summed E-state index contributed by atoms with van der Waals surface area (Å²) in [5.74, 6) is -1.42. The molecule has 2 N–H and O–H groups in total. The van der Waals surface area contributed by atoms with Gasteiger partial charge in [0.25, 0.3) is 11.8 Å². The number of amides is 3. The van der Waals surface area contributed by atoms with E-state index in [0.29, 0.717) is 0 Å². The molecule has 0 spiro atoms. The maximum absolute atomic E-state index is 13.3. The zero-order valence-electron chi connectivity index (χ0n) is 17.7. The quantitative estimate of drug-likeness (QED) is 0.521. The number of carbonyl (C=O) groups is 3. The molecule has 170 valence electrons. The number of carbonyl (C=O) groups excluding carboxylic acids is 3. The number of rotatable bonds is 5. The smallest absolute Gasteiger partial charge is 0.416 e. The molecule has 0 bridgehead atoms. The van der Waals surface area contributed by atoms with E-state index in [1.165, 1.54) is 12.1 Å². The lowest BCUT2D eigenvalue weighted by Crippen LogP contribution is -2.35. The van der Waals surface area contributed by atoms with Crippen LogP contribution in [-0.2, 0) is 10.9 Å². The molecule has 3 amide bonds. The van der Waals surface area contributed by atoms with Gasteiger partial charge in [-0.15, -0.1) is 0 Å². The first kappa shape index (κ1) is 23.1. The number of halogens is 3. The molecule has 3 rings (SSSR count). The zero-order chi connectivity index (χ0) is 23.7. The van der Waals surface area contributed by atoms with E-state index < -0.39 is 35.2 Å².